The Balaban J connectivity index is 0.869. The van der Waals surface area contributed by atoms with Gasteiger partial charge in [0.25, 0.3) is 0 Å². The predicted molar refractivity (Wildman–Crippen MR) is 514 cm³/mol. The summed E-state index contributed by atoms with van der Waals surface area (Å²) in [6.45, 7) is 9.31. The van der Waals surface area contributed by atoms with Crippen LogP contribution in [0.25, 0.3) is 171 Å². The zero-order chi connectivity index (χ0) is 81.7. The molecule has 3 aliphatic rings. The minimum Gasteiger partial charge on any atom is -0.456 e. The average molecular weight is 1580 g/mol. The van der Waals surface area contributed by atoms with E-state index in [1.165, 1.54) is 44.5 Å². The highest BCUT2D eigenvalue weighted by Crippen LogP contribution is 2.60. The topological polar surface area (TPSA) is 62.0 Å². The molecule has 0 radical (unpaired) electrons. The van der Waals surface area contributed by atoms with Crippen molar-refractivity contribution in [3.05, 3.63) is 428 Å². The minimum atomic E-state index is -0.379. The van der Waals surface area contributed by atoms with Crippen molar-refractivity contribution in [2.75, 3.05) is 14.7 Å². The molecule has 123 heavy (non-hydrogen) atoms. The Morgan fingerprint density at radius 3 is 1.71 bits per heavy atom. The van der Waals surface area contributed by atoms with E-state index < -0.39 is 0 Å². The van der Waals surface area contributed by atoms with Gasteiger partial charge in [0.2, 0.25) is 0 Å². The van der Waals surface area contributed by atoms with Gasteiger partial charge in [-0.15, -0.1) is 0 Å². The molecule has 1 aliphatic heterocycles. The molecule has 21 aromatic rings. The molecule has 7 nitrogen and oxygen atoms in total. The van der Waals surface area contributed by atoms with Crippen LogP contribution >= 0.6 is 0 Å². The molecule has 0 amide bonds. The molecule has 24 rings (SSSR count). The van der Waals surface area contributed by atoms with Gasteiger partial charge in [-0.2, -0.15) is 0 Å². The Labute approximate surface area is 712 Å². The summed E-state index contributed by atoms with van der Waals surface area (Å²) in [5, 5.41) is 12.1. The summed E-state index contributed by atoms with van der Waals surface area (Å²) in [5.74, 6) is 0.911. The molecule has 0 N–H and O–H groups in total. The lowest BCUT2D eigenvalue weighted by atomic mass is 9.81. The molecule has 582 valence electrons. The predicted octanol–water partition coefficient (Wildman–Crippen LogP) is 32.2. The van der Waals surface area contributed by atoms with Crippen LogP contribution in [0.5, 0.6) is 0 Å². The quantitative estimate of drug-likeness (QED) is 0.101. The number of aromatic nitrogens is 1. The normalized spacial score (nSPS) is 14.1. The second kappa shape index (κ2) is 28.3. The molecule has 4 aromatic heterocycles. The zero-order valence-corrected chi connectivity index (χ0v) is 68.3. The lowest BCUT2D eigenvalue weighted by Gasteiger charge is -2.36. The lowest BCUT2D eigenvalue weighted by Crippen LogP contribution is -2.34. The second-order valence-corrected chi connectivity index (χ2v) is 33.7. The van der Waals surface area contributed by atoms with E-state index in [2.05, 4.69) is 437 Å². The average Bonchev–Trinajstić information content (AvgIpc) is 1.61. The molecule has 0 bridgehead atoms. The highest BCUT2D eigenvalue weighted by atomic mass is 16.3. The van der Waals surface area contributed by atoms with E-state index in [0.717, 1.165) is 188 Å². The summed E-state index contributed by atoms with van der Waals surface area (Å²) >= 11 is 0. The number of hydrogen-bond donors (Lipinski definition) is 0. The summed E-state index contributed by atoms with van der Waals surface area (Å²) in [4.78, 5) is 13.1. The van der Waals surface area contributed by atoms with Gasteiger partial charge in [0.15, 0.2) is 5.58 Å². The third-order valence-corrected chi connectivity index (χ3v) is 26.0. The van der Waals surface area contributed by atoms with Gasteiger partial charge >= 0.3 is 0 Å². The highest BCUT2D eigenvalue weighted by Gasteiger charge is 2.40. The first-order chi connectivity index (χ1) is 60.6. The van der Waals surface area contributed by atoms with Crippen LogP contribution in [0, 0.1) is 0 Å². The SMILES string of the molecule is CC(C)c1ccc2c(c1)oc1c2c(N(c2ccc3c(c2)oc2ccccc23)c2cccc(-c3ccccc3)n2)cc2c(-c3cccc(-c4ccccc4)c3)c(-c3ccccc3)c3cc(N4C=CC=C5C(c6ccccc6)=CC=CC54)c4oc5cc(N(c6cccc7c6C(C)(C)c6ccccc6-7)c6cccc7c(-c8ccccc8)cccc67)ccc5c4c3c21. The third kappa shape index (κ3) is 11.4. The molecule has 7 heteroatoms. The number of anilines is 7. The Bertz CT molecular complexity index is 8070. The van der Waals surface area contributed by atoms with Crippen LogP contribution in [-0.4, -0.2) is 11.0 Å². The van der Waals surface area contributed by atoms with Crippen LogP contribution in [0.2, 0.25) is 0 Å². The van der Waals surface area contributed by atoms with Crippen molar-refractivity contribution in [1.29, 1.82) is 0 Å². The van der Waals surface area contributed by atoms with Crippen LogP contribution in [-0.2, 0) is 5.41 Å². The first-order valence-electron chi connectivity index (χ1n) is 42.6. The van der Waals surface area contributed by atoms with Crippen molar-refractivity contribution in [1.82, 2.24) is 4.98 Å². The number of furan rings is 3. The number of para-hydroxylation sites is 1. The van der Waals surface area contributed by atoms with E-state index in [1.54, 1.807) is 0 Å². The zero-order valence-electron chi connectivity index (χ0n) is 68.3. The fourth-order valence-electron chi connectivity index (χ4n) is 20.4. The van der Waals surface area contributed by atoms with Gasteiger partial charge < -0.3 is 23.1 Å². The van der Waals surface area contributed by atoms with Crippen molar-refractivity contribution >= 4 is 144 Å². The van der Waals surface area contributed by atoms with Crippen LogP contribution in [0.15, 0.2) is 419 Å². The number of nitrogens with zero attached hydrogens (tertiary/aromatic N) is 4. The van der Waals surface area contributed by atoms with Crippen molar-refractivity contribution in [2.24, 2.45) is 0 Å². The molecule has 5 heterocycles. The molecule has 0 saturated heterocycles. The molecule has 1 atom stereocenters. The standard InChI is InChI=1S/C116H80N4O3/c1-71(2)77-58-61-91-103(66-77)123-115-109(91)100(120(106-57-29-52-96(117-106)75-37-16-8-17-38-75)81-59-62-89-88-44-21-23-56-102(88)121-104(89)68-81)69-94-108(79-42-24-41-78(65-79)72-31-10-5-11-32-72)107(76-39-18-9-19-40-76)93-70-101(118-64-30-50-86-83(46-26-53-97(86)118)74-35-14-7-15-36-74)114-111(110(93)112(94)115)92-63-60-80(67-105(92)122-114)119(99-55-28-49-90-85-43-20-22-51-95(85)116(3,4)113(90)99)98-54-27-47-84-82(45-25-48-87(84)98)73-33-12-6-13-34-73/h5-71,97H,1-4H3. The molecule has 2 aliphatic carbocycles. The van der Waals surface area contributed by atoms with Gasteiger partial charge in [0, 0.05) is 78.1 Å². The van der Waals surface area contributed by atoms with Crippen molar-refractivity contribution in [3.63, 3.8) is 0 Å². The van der Waals surface area contributed by atoms with E-state index in [9.17, 15) is 0 Å². The van der Waals surface area contributed by atoms with Crippen molar-refractivity contribution in [3.8, 4) is 66.9 Å². The largest absolute Gasteiger partial charge is 0.456 e. The fraction of sp³-hybridized carbons (Fsp3) is 0.0603. The Morgan fingerprint density at radius 1 is 0.350 bits per heavy atom. The first-order valence-corrected chi connectivity index (χ1v) is 42.6. The van der Waals surface area contributed by atoms with Crippen LogP contribution in [0.1, 0.15) is 55.9 Å². The summed E-state index contributed by atoms with van der Waals surface area (Å²) in [7, 11) is 0. The monoisotopic (exact) mass is 1580 g/mol. The minimum absolute atomic E-state index is 0.195. The maximum absolute atomic E-state index is 8.20. The van der Waals surface area contributed by atoms with E-state index in [1.807, 2.05) is 6.07 Å². The second-order valence-electron chi connectivity index (χ2n) is 33.7. The summed E-state index contributed by atoms with van der Waals surface area (Å²) in [5.41, 5.74) is 30.2. The fourth-order valence-corrected chi connectivity index (χ4v) is 20.4. The molecule has 0 saturated carbocycles. The van der Waals surface area contributed by atoms with Crippen LogP contribution in [0.4, 0.5) is 39.9 Å². The number of rotatable bonds is 14. The maximum atomic E-state index is 8.20. The molecular formula is C116H80N4O3. The molecule has 1 unspecified atom stereocenters. The maximum Gasteiger partial charge on any atom is 0.159 e. The van der Waals surface area contributed by atoms with Gasteiger partial charge in [0.1, 0.15) is 33.7 Å². The lowest BCUT2D eigenvalue weighted by molar-refractivity contribution is 0.660. The highest BCUT2D eigenvalue weighted by molar-refractivity contribution is 6.40. The third-order valence-electron chi connectivity index (χ3n) is 26.0. The van der Waals surface area contributed by atoms with Gasteiger partial charge in [-0.05, 0) is 196 Å². The number of hydrogen-bond acceptors (Lipinski definition) is 7. The molecule has 0 fully saturated rings. The number of allylic oxidation sites excluding steroid dienone is 4. The van der Waals surface area contributed by atoms with Crippen LogP contribution in [0.3, 0.4) is 0 Å². The number of benzene rings is 17. The summed E-state index contributed by atoms with van der Waals surface area (Å²) in [6.07, 6.45) is 13.6. The molecule has 0 spiro atoms. The van der Waals surface area contributed by atoms with Crippen LogP contribution < -0.4 is 14.7 Å². The summed E-state index contributed by atoms with van der Waals surface area (Å²) in [6, 6.07) is 133. The Kier molecular flexibility index (Phi) is 16.5. The number of fused-ring (bicyclic) bond motifs is 19. The van der Waals surface area contributed by atoms with E-state index in [4.69, 9.17) is 18.2 Å². The summed E-state index contributed by atoms with van der Waals surface area (Å²) < 4.78 is 23.2. The van der Waals surface area contributed by atoms with E-state index >= 15 is 0 Å². The first kappa shape index (κ1) is 71.5. The van der Waals surface area contributed by atoms with Gasteiger partial charge in [-0.25, -0.2) is 4.98 Å². The Morgan fingerprint density at radius 2 is 0.911 bits per heavy atom. The van der Waals surface area contributed by atoms with Gasteiger partial charge in [-0.1, -0.05) is 325 Å². The van der Waals surface area contributed by atoms with Crippen molar-refractivity contribution in [2.45, 2.75) is 45.1 Å². The Hall–Kier alpha value is -15.6. The van der Waals surface area contributed by atoms with E-state index in [0.29, 0.717) is 5.82 Å². The van der Waals surface area contributed by atoms with Crippen molar-refractivity contribution < 1.29 is 13.3 Å². The van der Waals surface area contributed by atoms with Gasteiger partial charge in [-0.3, -0.25) is 4.90 Å². The van der Waals surface area contributed by atoms with Gasteiger partial charge in [0.05, 0.1) is 45.6 Å². The smallest absolute Gasteiger partial charge is 0.159 e. The van der Waals surface area contributed by atoms with E-state index in [-0.39, 0.29) is 17.4 Å². The molecular weight excluding hydrogens is 1500 g/mol. The number of pyridine rings is 1. The molecule has 17 aromatic carbocycles.